The van der Waals surface area contributed by atoms with Gasteiger partial charge in [0, 0.05) is 24.4 Å². The van der Waals surface area contributed by atoms with Gasteiger partial charge in [0.05, 0.1) is 6.42 Å². The molecule has 0 spiro atoms. The third-order valence-electron chi connectivity index (χ3n) is 7.80. The standard InChI is InChI=1S/C28H32N2O5/c31-26(32)14-25(17-7-1-2-8-17)30-27(33)23-13-18(23)15-29-28(34)35-16-24-21-11-5-3-9-19(21)20-10-4-6-12-22(20)24/h3-6,9-12,17-18,23-25H,1-2,7-8,13-16H2,(H,29,34)(H,30,33)(H,31,32)/t18-,23-,25?/m1/s1. The Balaban J connectivity index is 1.09. The van der Waals surface area contributed by atoms with Crippen molar-refractivity contribution in [3.05, 3.63) is 59.7 Å². The summed E-state index contributed by atoms with van der Waals surface area (Å²) in [6.07, 6.45) is 4.30. The summed E-state index contributed by atoms with van der Waals surface area (Å²) in [5, 5.41) is 15.0. The van der Waals surface area contributed by atoms with Gasteiger partial charge in [-0.25, -0.2) is 4.79 Å². The van der Waals surface area contributed by atoms with Gasteiger partial charge in [0.15, 0.2) is 0 Å². The second kappa shape index (κ2) is 10.1. The molecule has 3 N–H and O–H groups in total. The molecule has 3 aliphatic rings. The minimum Gasteiger partial charge on any atom is -0.481 e. The van der Waals surface area contributed by atoms with Crippen molar-refractivity contribution >= 4 is 18.0 Å². The van der Waals surface area contributed by atoms with Gasteiger partial charge < -0.3 is 20.5 Å². The van der Waals surface area contributed by atoms with E-state index in [-0.39, 0.29) is 48.6 Å². The number of amides is 2. The van der Waals surface area contributed by atoms with Crippen LogP contribution in [0, 0.1) is 17.8 Å². The van der Waals surface area contributed by atoms with Crippen molar-refractivity contribution in [2.45, 2.75) is 50.5 Å². The third kappa shape index (κ3) is 5.19. The fraction of sp³-hybridized carbons (Fsp3) is 0.464. The van der Waals surface area contributed by atoms with E-state index in [9.17, 15) is 19.5 Å². The number of hydrogen-bond acceptors (Lipinski definition) is 4. The van der Waals surface area contributed by atoms with Crippen LogP contribution < -0.4 is 10.6 Å². The number of alkyl carbamates (subject to hydrolysis) is 1. The molecule has 2 fully saturated rings. The maximum Gasteiger partial charge on any atom is 0.407 e. The second-order valence-electron chi connectivity index (χ2n) is 10.1. The molecule has 0 bridgehead atoms. The average Bonchev–Trinajstić information content (AvgIpc) is 3.29. The number of carbonyl (C=O) groups is 3. The number of hydrogen-bond donors (Lipinski definition) is 3. The van der Waals surface area contributed by atoms with Gasteiger partial charge in [-0.05, 0) is 53.4 Å². The number of rotatable bonds is 9. The maximum atomic E-state index is 12.7. The van der Waals surface area contributed by atoms with Gasteiger partial charge in [-0.2, -0.15) is 0 Å². The molecule has 0 saturated heterocycles. The molecule has 184 valence electrons. The molecule has 0 aromatic heterocycles. The molecule has 2 aromatic carbocycles. The molecule has 2 saturated carbocycles. The molecular weight excluding hydrogens is 444 g/mol. The zero-order valence-electron chi connectivity index (χ0n) is 19.7. The van der Waals surface area contributed by atoms with Crippen LogP contribution in [0.15, 0.2) is 48.5 Å². The van der Waals surface area contributed by atoms with Gasteiger partial charge in [-0.15, -0.1) is 0 Å². The minimum atomic E-state index is -0.883. The predicted octanol–water partition coefficient (Wildman–Crippen LogP) is 4.31. The summed E-state index contributed by atoms with van der Waals surface area (Å²) >= 11 is 0. The van der Waals surface area contributed by atoms with E-state index in [0.29, 0.717) is 13.0 Å². The van der Waals surface area contributed by atoms with E-state index in [1.165, 1.54) is 22.3 Å². The van der Waals surface area contributed by atoms with E-state index in [1.807, 2.05) is 24.3 Å². The first-order chi connectivity index (χ1) is 17.0. The van der Waals surface area contributed by atoms with Crippen LogP contribution in [0.4, 0.5) is 4.79 Å². The number of carbonyl (C=O) groups excluding carboxylic acids is 2. The SMILES string of the molecule is O=C(O)CC(NC(=O)[C@@H]1C[C@@H]1CNC(=O)OCC1c2ccccc2-c2ccccc21)C1CCCC1. The van der Waals surface area contributed by atoms with Crippen molar-refractivity contribution in [3.63, 3.8) is 0 Å². The third-order valence-corrected chi connectivity index (χ3v) is 7.80. The number of nitrogens with one attached hydrogen (secondary N) is 2. The van der Waals surface area contributed by atoms with Crippen molar-refractivity contribution in [2.75, 3.05) is 13.2 Å². The lowest BCUT2D eigenvalue weighted by Crippen LogP contribution is -2.42. The summed E-state index contributed by atoms with van der Waals surface area (Å²) in [5.41, 5.74) is 4.70. The Morgan fingerprint density at radius 3 is 2.23 bits per heavy atom. The zero-order valence-corrected chi connectivity index (χ0v) is 19.7. The van der Waals surface area contributed by atoms with E-state index in [2.05, 4.69) is 34.9 Å². The van der Waals surface area contributed by atoms with Crippen LogP contribution in [0.1, 0.15) is 55.6 Å². The summed E-state index contributed by atoms with van der Waals surface area (Å²) in [6, 6.07) is 16.1. The lowest BCUT2D eigenvalue weighted by atomic mass is 9.95. The average molecular weight is 477 g/mol. The van der Waals surface area contributed by atoms with Crippen LogP contribution in [0.5, 0.6) is 0 Å². The first-order valence-corrected chi connectivity index (χ1v) is 12.6. The monoisotopic (exact) mass is 476 g/mol. The summed E-state index contributed by atoms with van der Waals surface area (Å²) in [4.78, 5) is 36.4. The van der Waals surface area contributed by atoms with E-state index in [4.69, 9.17) is 4.74 Å². The highest BCUT2D eigenvalue weighted by atomic mass is 16.5. The molecule has 0 heterocycles. The molecule has 2 aromatic rings. The Morgan fingerprint density at radius 2 is 1.60 bits per heavy atom. The number of fused-ring (bicyclic) bond motifs is 3. The number of aliphatic carboxylic acids is 1. The first kappa shape index (κ1) is 23.4. The lowest BCUT2D eigenvalue weighted by molar-refractivity contribution is -0.138. The highest BCUT2D eigenvalue weighted by Crippen LogP contribution is 2.44. The van der Waals surface area contributed by atoms with E-state index < -0.39 is 12.1 Å². The molecule has 5 rings (SSSR count). The molecule has 0 radical (unpaired) electrons. The fourth-order valence-corrected chi connectivity index (χ4v) is 5.83. The van der Waals surface area contributed by atoms with E-state index >= 15 is 0 Å². The first-order valence-electron chi connectivity index (χ1n) is 12.6. The Bertz CT molecular complexity index is 1060. The van der Waals surface area contributed by atoms with E-state index in [1.54, 1.807) is 0 Å². The zero-order chi connectivity index (χ0) is 24.4. The van der Waals surface area contributed by atoms with Crippen molar-refractivity contribution in [2.24, 2.45) is 17.8 Å². The van der Waals surface area contributed by atoms with Crippen LogP contribution in [0.3, 0.4) is 0 Å². The summed E-state index contributed by atoms with van der Waals surface area (Å²) < 4.78 is 5.57. The van der Waals surface area contributed by atoms with Gasteiger partial charge in [-0.3, -0.25) is 9.59 Å². The van der Waals surface area contributed by atoms with Crippen molar-refractivity contribution in [1.82, 2.24) is 10.6 Å². The van der Waals surface area contributed by atoms with Crippen molar-refractivity contribution < 1.29 is 24.2 Å². The number of ether oxygens (including phenoxy) is 1. The molecule has 7 heteroatoms. The highest BCUT2D eigenvalue weighted by molar-refractivity contribution is 5.83. The Morgan fingerprint density at radius 1 is 0.971 bits per heavy atom. The van der Waals surface area contributed by atoms with Gasteiger partial charge in [0.25, 0.3) is 0 Å². The number of carboxylic acid groups (broad SMARTS) is 1. The van der Waals surface area contributed by atoms with Crippen molar-refractivity contribution in [3.8, 4) is 11.1 Å². The van der Waals surface area contributed by atoms with Gasteiger partial charge in [0.2, 0.25) is 5.91 Å². The predicted molar refractivity (Wildman–Crippen MR) is 131 cm³/mol. The van der Waals surface area contributed by atoms with Gasteiger partial charge >= 0.3 is 12.1 Å². The maximum absolute atomic E-state index is 12.7. The van der Waals surface area contributed by atoms with Gasteiger partial charge in [0.1, 0.15) is 6.61 Å². The summed E-state index contributed by atoms with van der Waals surface area (Å²) in [5.74, 6) is -0.847. The summed E-state index contributed by atoms with van der Waals surface area (Å²) in [7, 11) is 0. The van der Waals surface area contributed by atoms with Gasteiger partial charge in [-0.1, -0.05) is 61.4 Å². The van der Waals surface area contributed by atoms with Crippen LogP contribution in [-0.2, 0) is 14.3 Å². The van der Waals surface area contributed by atoms with Crippen LogP contribution in [0.2, 0.25) is 0 Å². The summed E-state index contributed by atoms with van der Waals surface area (Å²) in [6.45, 7) is 0.633. The van der Waals surface area contributed by atoms with Crippen LogP contribution in [-0.4, -0.2) is 42.3 Å². The lowest BCUT2D eigenvalue weighted by Gasteiger charge is -2.23. The van der Waals surface area contributed by atoms with Crippen LogP contribution in [0.25, 0.3) is 11.1 Å². The molecule has 2 amide bonds. The minimum absolute atomic E-state index is 0.00866. The van der Waals surface area contributed by atoms with E-state index in [0.717, 1.165) is 25.7 Å². The second-order valence-corrected chi connectivity index (χ2v) is 10.1. The quantitative estimate of drug-likeness (QED) is 0.500. The Labute approximate surface area is 205 Å². The molecular formula is C28H32N2O5. The Kier molecular flexibility index (Phi) is 6.75. The molecule has 1 unspecified atom stereocenters. The molecule has 35 heavy (non-hydrogen) atoms. The molecule has 3 aliphatic carbocycles. The molecule has 7 nitrogen and oxygen atoms in total. The largest absolute Gasteiger partial charge is 0.481 e. The fourth-order valence-electron chi connectivity index (χ4n) is 5.83. The Hall–Kier alpha value is -3.35. The molecule has 3 atom stereocenters. The molecule has 0 aliphatic heterocycles. The van der Waals surface area contributed by atoms with Crippen LogP contribution >= 0.6 is 0 Å². The smallest absolute Gasteiger partial charge is 0.407 e. The van der Waals surface area contributed by atoms with Crippen molar-refractivity contribution in [1.29, 1.82) is 0 Å². The number of benzene rings is 2. The highest BCUT2D eigenvalue weighted by Gasteiger charge is 2.44. The number of carboxylic acids is 1. The topological polar surface area (TPSA) is 105 Å². The normalized spacial score (nSPS) is 21.6.